The van der Waals surface area contributed by atoms with E-state index in [0.717, 1.165) is 6.08 Å². The van der Waals surface area contributed by atoms with E-state index in [9.17, 15) is 19.7 Å². The fourth-order valence-electron chi connectivity index (χ4n) is 2.53. The van der Waals surface area contributed by atoms with Gasteiger partial charge in [0.05, 0.1) is 12.5 Å². The summed E-state index contributed by atoms with van der Waals surface area (Å²) in [5.74, 6) is -2.84. The lowest BCUT2D eigenvalue weighted by Crippen LogP contribution is -2.54. The van der Waals surface area contributed by atoms with Crippen molar-refractivity contribution in [2.45, 2.75) is 37.5 Å². The highest BCUT2D eigenvalue weighted by Gasteiger charge is 2.37. The first-order chi connectivity index (χ1) is 11.4. The first kappa shape index (κ1) is 18.6. The zero-order chi connectivity index (χ0) is 17.7. The molecule has 10 heteroatoms. The molecule has 2 heterocycles. The van der Waals surface area contributed by atoms with E-state index in [1.165, 1.54) is 11.3 Å². The van der Waals surface area contributed by atoms with E-state index < -0.39 is 37.3 Å². The van der Waals surface area contributed by atoms with Crippen molar-refractivity contribution >= 4 is 36.0 Å². The van der Waals surface area contributed by atoms with Crippen LogP contribution in [-0.4, -0.2) is 57.7 Å². The standard InChI is InChI=1S/C14H18BNO7S/c17-12(18)6-8-3-4-11(15(22)23-8)16-14(21)9(7-13(19)20)10-2-1-5-24-10/h1-2,5,7-8,11,14,16,21-22H,3-4,6H2,(H,17,18)(H,19,20)/b9-7+/t8-,11-,14?/m0/s1. The molecule has 0 aromatic carbocycles. The average Bonchev–Trinajstić information content (AvgIpc) is 3.00. The molecule has 3 atom stereocenters. The molecule has 8 nitrogen and oxygen atoms in total. The number of hydrogen-bond acceptors (Lipinski definition) is 7. The Morgan fingerprint density at radius 2 is 2.21 bits per heavy atom. The normalized spacial score (nSPS) is 23.1. The highest BCUT2D eigenvalue weighted by Crippen LogP contribution is 2.25. The Morgan fingerprint density at radius 3 is 2.75 bits per heavy atom. The molecule has 5 N–H and O–H groups in total. The van der Waals surface area contributed by atoms with Crippen molar-refractivity contribution in [1.82, 2.24) is 5.32 Å². The molecule has 0 bridgehead atoms. The summed E-state index contributed by atoms with van der Waals surface area (Å²) in [6.07, 6.45) is -0.387. The van der Waals surface area contributed by atoms with Crippen molar-refractivity contribution in [2.24, 2.45) is 0 Å². The topological polar surface area (TPSA) is 136 Å². The highest BCUT2D eigenvalue weighted by molar-refractivity contribution is 7.11. The van der Waals surface area contributed by atoms with Gasteiger partial charge in [0.2, 0.25) is 0 Å². The van der Waals surface area contributed by atoms with Crippen LogP contribution < -0.4 is 5.32 Å². The lowest BCUT2D eigenvalue weighted by molar-refractivity contribution is -0.139. The first-order valence-corrected chi connectivity index (χ1v) is 8.22. The van der Waals surface area contributed by atoms with E-state index in [1.54, 1.807) is 17.5 Å². The molecule has 1 aromatic rings. The van der Waals surface area contributed by atoms with Gasteiger partial charge in [-0.15, -0.1) is 11.3 Å². The van der Waals surface area contributed by atoms with Gasteiger partial charge in [0.1, 0.15) is 6.23 Å². The van der Waals surface area contributed by atoms with Crippen LogP contribution >= 0.6 is 11.3 Å². The first-order valence-electron chi connectivity index (χ1n) is 7.34. The van der Waals surface area contributed by atoms with E-state index >= 15 is 0 Å². The minimum Gasteiger partial charge on any atom is -0.481 e. The van der Waals surface area contributed by atoms with Crippen LogP contribution in [0.25, 0.3) is 5.57 Å². The molecule has 1 saturated heterocycles. The predicted molar refractivity (Wildman–Crippen MR) is 87.2 cm³/mol. The van der Waals surface area contributed by atoms with Crippen molar-refractivity contribution < 1.29 is 34.6 Å². The molecule has 2 rings (SSSR count). The number of carbonyl (C=O) groups is 2. The third-order valence-electron chi connectivity index (χ3n) is 3.63. The number of aliphatic hydroxyl groups excluding tert-OH is 1. The monoisotopic (exact) mass is 355 g/mol. The number of thiophene rings is 1. The van der Waals surface area contributed by atoms with Gasteiger partial charge in [0.15, 0.2) is 0 Å². The van der Waals surface area contributed by atoms with Crippen LogP contribution in [0, 0.1) is 0 Å². The highest BCUT2D eigenvalue weighted by atomic mass is 32.1. The van der Waals surface area contributed by atoms with E-state index in [-0.39, 0.29) is 12.0 Å². The Hall–Kier alpha value is -1.72. The summed E-state index contributed by atoms with van der Waals surface area (Å²) in [6.45, 7) is 0. The summed E-state index contributed by atoms with van der Waals surface area (Å²) in [7, 11) is -1.29. The Labute approximate surface area is 142 Å². The fraction of sp³-hybridized carbons (Fsp3) is 0.429. The van der Waals surface area contributed by atoms with Crippen molar-refractivity contribution in [3.63, 3.8) is 0 Å². The van der Waals surface area contributed by atoms with Crippen molar-refractivity contribution in [1.29, 1.82) is 0 Å². The SMILES string of the molecule is O=C(O)/C=C(\c1cccs1)C(O)N[C@H]1CC[C@@H](CC(=O)O)OB1O. The smallest absolute Gasteiger partial charge is 0.472 e. The van der Waals surface area contributed by atoms with Crippen LogP contribution in [0.15, 0.2) is 23.6 Å². The van der Waals surface area contributed by atoms with E-state index in [2.05, 4.69) is 5.32 Å². The quantitative estimate of drug-likeness (QED) is 0.265. The molecule has 0 spiro atoms. The lowest BCUT2D eigenvalue weighted by Gasteiger charge is -2.32. The summed E-state index contributed by atoms with van der Waals surface area (Å²) in [5, 5.41) is 42.5. The molecule has 130 valence electrons. The van der Waals surface area contributed by atoms with Gasteiger partial charge < -0.3 is 25.0 Å². The minimum atomic E-state index is -1.31. The molecule has 1 unspecified atom stereocenters. The van der Waals surface area contributed by atoms with Gasteiger partial charge in [-0.05, 0) is 24.3 Å². The fourth-order valence-corrected chi connectivity index (χ4v) is 3.30. The zero-order valence-electron chi connectivity index (χ0n) is 12.7. The zero-order valence-corrected chi connectivity index (χ0v) is 13.5. The number of carboxylic acids is 2. The summed E-state index contributed by atoms with van der Waals surface area (Å²) in [5.41, 5.74) is 0.178. The summed E-state index contributed by atoms with van der Waals surface area (Å²) >= 11 is 1.28. The van der Waals surface area contributed by atoms with Crippen LogP contribution in [0.1, 0.15) is 24.1 Å². The molecule has 0 amide bonds. The molecule has 1 aliphatic rings. The van der Waals surface area contributed by atoms with Crippen molar-refractivity contribution in [3.8, 4) is 0 Å². The largest absolute Gasteiger partial charge is 0.481 e. The van der Waals surface area contributed by atoms with Crippen LogP contribution in [0.2, 0.25) is 0 Å². The van der Waals surface area contributed by atoms with Crippen LogP contribution in [0.3, 0.4) is 0 Å². The third-order valence-corrected chi connectivity index (χ3v) is 4.55. The predicted octanol–water partition coefficient (Wildman–Crippen LogP) is 0.166. The number of carboxylic acid groups (broad SMARTS) is 2. The number of rotatable bonds is 7. The molecule has 1 aromatic heterocycles. The van der Waals surface area contributed by atoms with E-state index in [4.69, 9.17) is 14.9 Å². The van der Waals surface area contributed by atoms with Gasteiger partial charge in [0.25, 0.3) is 0 Å². The van der Waals surface area contributed by atoms with Gasteiger partial charge in [-0.3, -0.25) is 10.1 Å². The molecule has 1 fully saturated rings. The minimum absolute atomic E-state index is 0.178. The van der Waals surface area contributed by atoms with Gasteiger partial charge in [-0.1, -0.05) is 6.07 Å². The van der Waals surface area contributed by atoms with Crippen LogP contribution in [-0.2, 0) is 14.2 Å². The van der Waals surface area contributed by atoms with Crippen molar-refractivity contribution in [2.75, 3.05) is 0 Å². The van der Waals surface area contributed by atoms with Gasteiger partial charge in [-0.2, -0.15) is 0 Å². The second-order valence-electron chi connectivity index (χ2n) is 5.41. The molecule has 0 aliphatic carbocycles. The van der Waals surface area contributed by atoms with Crippen LogP contribution in [0.4, 0.5) is 0 Å². The maximum Gasteiger partial charge on any atom is 0.472 e. The second kappa shape index (κ2) is 8.40. The molecular formula is C14H18BNO7S. The van der Waals surface area contributed by atoms with Crippen molar-refractivity contribution in [3.05, 3.63) is 28.5 Å². The Balaban J connectivity index is 2.01. The molecule has 0 radical (unpaired) electrons. The number of aliphatic carboxylic acids is 2. The Kier molecular flexibility index (Phi) is 6.52. The summed E-state index contributed by atoms with van der Waals surface area (Å²) in [4.78, 5) is 22.2. The number of aliphatic hydroxyl groups is 1. The Bertz CT molecular complexity index is 606. The maximum absolute atomic E-state index is 11.0. The summed E-state index contributed by atoms with van der Waals surface area (Å²) < 4.78 is 5.23. The number of nitrogens with one attached hydrogen (secondary N) is 1. The maximum atomic E-state index is 11.0. The second-order valence-corrected chi connectivity index (χ2v) is 6.36. The van der Waals surface area contributed by atoms with Gasteiger partial charge >= 0.3 is 19.1 Å². The van der Waals surface area contributed by atoms with E-state index in [1.807, 2.05) is 0 Å². The molecule has 24 heavy (non-hydrogen) atoms. The van der Waals surface area contributed by atoms with E-state index in [0.29, 0.717) is 17.7 Å². The molecular weight excluding hydrogens is 337 g/mol. The number of hydrogen-bond donors (Lipinski definition) is 5. The lowest BCUT2D eigenvalue weighted by atomic mass is 9.72. The third kappa shape index (κ3) is 5.15. The Morgan fingerprint density at radius 1 is 1.46 bits per heavy atom. The molecule has 0 saturated carbocycles. The van der Waals surface area contributed by atoms with Crippen LogP contribution in [0.5, 0.6) is 0 Å². The molecule has 1 aliphatic heterocycles. The summed E-state index contributed by atoms with van der Waals surface area (Å²) in [6, 6.07) is 3.42. The van der Waals surface area contributed by atoms with Gasteiger partial charge in [0, 0.05) is 22.5 Å². The average molecular weight is 355 g/mol. The van der Waals surface area contributed by atoms with Gasteiger partial charge in [-0.25, -0.2) is 4.79 Å².